The molecule has 0 bridgehead atoms. The van der Waals surface area contributed by atoms with Crippen molar-refractivity contribution in [2.45, 2.75) is 50.0 Å². The summed E-state index contributed by atoms with van der Waals surface area (Å²) in [6.07, 6.45) is 7.09. The number of thioether (sulfide) groups is 1. The van der Waals surface area contributed by atoms with Crippen LogP contribution in [0.4, 0.5) is 4.39 Å². The molecule has 2 fully saturated rings. The molecule has 1 atom stereocenters. The van der Waals surface area contributed by atoms with Crippen molar-refractivity contribution in [3.63, 3.8) is 0 Å². The second kappa shape index (κ2) is 8.80. The van der Waals surface area contributed by atoms with Crippen LogP contribution in [0.5, 0.6) is 0 Å². The molecule has 1 saturated carbocycles. The van der Waals surface area contributed by atoms with Gasteiger partial charge < -0.3 is 16.4 Å². The fourth-order valence-electron chi connectivity index (χ4n) is 4.11. The van der Waals surface area contributed by atoms with Crippen LogP contribution in [0.25, 0.3) is 0 Å². The first-order valence-corrected chi connectivity index (χ1v) is 10.6. The van der Waals surface area contributed by atoms with E-state index in [0.717, 1.165) is 49.9 Å². The van der Waals surface area contributed by atoms with E-state index >= 15 is 0 Å². The molecule has 152 valence electrons. The van der Waals surface area contributed by atoms with Crippen molar-refractivity contribution in [1.82, 2.24) is 9.88 Å². The Morgan fingerprint density at radius 3 is 2.75 bits per heavy atom. The SMILES string of the molecule is C=N/C(Sc1ccnc(F)c1Cl)=C(/N)N=C(C)N1CCC2(CCC[C@H]2N)CC1. The monoisotopic (exact) mass is 424 g/mol. The minimum absolute atomic E-state index is 0.0728. The largest absolute Gasteiger partial charge is 0.381 e. The van der Waals surface area contributed by atoms with Crippen molar-refractivity contribution in [2.24, 2.45) is 26.9 Å². The highest BCUT2D eigenvalue weighted by Gasteiger charge is 2.42. The van der Waals surface area contributed by atoms with Crippen molar-refractivity contribution in [1.29, 1.82) is 0 Å². The van der Waals surface area contributed by atoms with Crippen molar-refractivity contribution in [2.75, 3.05) is 13.1 Å². The third-order valence-corrected chi connectivity index (χ3v) is 7.42. The Kier molecular flexibility index (Phi) is 6.62. The summed E-state index contributed by atoms with van der Waals surface area (Å²) in [4.78, 5) is 14.7. The van der Waals surface area contributed by atoms with Gasteiger partial charge in [0.2, 0.25) is 5.95 Å². The van der Waals surface area contributed by atoms with Gasteiger partial charge in [0.15, 0.2) is 5.82 Å². The predicted molar refractivity (Wildman–Crippen MR) is 114 cm³/mol. The molecule has 2 aliphatic rings. The van der Waals surface area contributed by atoms with Crippen molar-refractivity contribution < 1.29 is 4.39 Å². The maximum Gasteiger partial charge on any atom is 0.232 e. The zero-order chi connectivity index (χ0) is 20.3. The third kappa shape index (κ3) is 4.34. The van der Waals surface area contributed by atoms with Gasteiger partial charge >= 0.3 is 0 Å². The highest BCUT2D eigenvalue weighted by molar-refractivity contribution is 8.03. The van der Waals surface area contributed by atoms with Gasteiger partial charge in [-0.25, -0.2) is 9.98 Å². The Labute approximate surface area is 174 Å². The fraction of sp³-hybridized carbons (Fsp3) is 0.526. The van der Waals surface area contributed by atoms with Crippen LogP contribution in [-0.2, 0) is 0 Å². The van der Waals surface area contributed by atoms with Crippen molar-refractivity contribution >= 4 is 35.9 Å². The highest BCUT2D eigenvalue weighted by atomic mass is 35.5. The summed E-state index contributed by atoms with van der Waals surface area (Å²) in [5.41, 5.74) is 12.8. The Balaban J connectivity index is 1.71. The number of likely N-dealkylation sites (tertiary alicyclic amines) is 1. The van der Waals surface area contributed by atoms with Gasteiger partial charge in [-0.15, -0.1) is 0 Å². The zero-order valence-electron chi connectivity index (χ0n) is 16.0. The number of nitrogens with two attached hydrogens (primary N) is 2. The number of halogens is 2. The lowest BCUT2D eigenvalue weighted by Gasteiger charge is -2.42. The van der Waals surface area contributed by atoms with E-state index in [0.29, 0.717) is 21.4 Å². The maximum atomic E-state index is 13.5. The van der Waals surface area contributed by atoms with E-state index < -0.39 is 5.95 Å². The normalized spacial score (nSPS) is 23.1. The van der Waals surface area contributed by atoms with Crippen LogP contribution in [0.1, 0.15) is 39.0 Å². The van der Waals surface area contributed by atoms with Gasteiger partial charge in [-0.05, 0) is 50.8 Å². The van der Waals surface area contributed by atoms with Crippen LogP contribution in [0, 0.1) is 11.4 Å². The molecule has 9 heteroatoms. The summed E-state index contributed by atoms with van der Waals surface area (Å²) in [5.74, 6) is 0.317. The molecule has 28 heavy (non-hydrogen) atoms. The van der Waals surface area contributed by atoms with Crippen LogP contribution in [-0.4, -0.2) is 41.6 Å². The van der Waals surface area contributed by atoms with Gasteiger partial charge in [0, 0.05) is 30.2 Å². The van der Waals surface area contributed by atoms with E-state index in [1.165, 1.54) is 19.0 Å². The van der Waals surface area contributed by atoms with Crippen LogP contribution in [0.2, 0.25) is 5.02 Å². The number of rotatable bonds is 4. The summed E-state index contributed by atoms with van der Waals surface area (Å²) in [7, 11) is 0. The summed E-state index contributed by atoms with van der Waals surface area (Å²) >= 11 is 7.07. The van der Waals surface area contributed by atoms with Crippen LogP contribution >= 0.6 is 23.4 Å². The predicted octanol–water partition coefficient (Wildman–Crippen LogP) is 3.76. The third-order valence-electron chi connectivity index (χ3n) is 5.86. The second-order valence-corrected chi connectivity index (χ2v) is 8.78. The van der Waals surface area contributed by atoms with Crippen LogP contribution in [0.15, 0.2) is 38.0 Å². The molecule has 1 aliphatic heterocycles. The molecule has 0 radical (unpaired) electrons. The highest BCUT2D eigenvalue weighted by Crippen LogP contribution is 2.45. The number of aliphatic imine (C=N–C) groups is 2. The molecule has 4 N–H and O–H groups in total. The van der Waals surface area contributed by atoms with E-state index in [2.05, 4.69) is 26.6 Å². The zero-order valence-corrected chi connectivity index (χ0v) is 17.6. The van der Waals surface area contributed by atoms with Crippen molar-refractivity contribution in [3.05, 3.63) is 34.1 Å². The summed E-state index contributed by atoms with van der Waals surface area (Å²) in [5, 5.41) is 0.300. The van der Waals surface area contributed by atoms with Gasteiger partial charge in [0.1, 0.15) is 15.9 Å². The molecule has 0 aromatic carbocycles. The average Bonchev–Trinajstić information content (AvgIpc) is 3.03. The Morgan fingerprint density at radius 2 is 2.14 bits per heavy atom. The summed E-state index contributed by atoms with van der Waals surface area (Å²) < 4.78 is 13.5. The number of hydrogen-bond acceptors (Lipinski definition) is 6. The minimum Gasteiger partial charge on any atom is -0.381 e. The molecule has 0 amide bonds. The first-order valence-electron chi connectivity index (χ1n) is 9.36. The Bertz CT molecular complexity index is 804. The minimum atomic E-state index is -0.735. The smallest absolute Gasteiger partial charge is 0.232 e. The quantitative estimate of drug-likeness (QED) is 0.332. The molecule has 1 aromatic heterocycles. The van der Waals surface area contributed by atoms with E-state index in [9.17, 15) is 4.39 Å². The topological polar surface area (TPSA) is 92.9 Å². The lowest BCUT2D eigenvalue weighted by molar-refractivity contribution is 0.134. The second-order valence-electron chi connectivity index (χ2n) is 7.37. The van der Waals surface area contributed by atoms with Crippen molar-refractivity contribution in [3.8, 4) is 0 Å². The fourth-order valence-corrected chi connectivity index (χ4v) is 5.06. The number of nitrogens with zero attached hydrogens (tertiary/aromatic N) is 4. The van der Waals surface area contributed by atoms with E-state index in [-0.39, 0.29) is 10.8 Å². The molecule has 2 heterocycles. The van der Waals surface area contributed by atoms with Gasteiger partial charge in [0.05, 0.1) is 0 Å². The number of aromatic nitrogens is 1. The molecule has 1 aromatic rings. The maximum absolute atomic E-state index is 13.5. The standard InChI is InChI=1S/C19H26ClFN6S/c1-12(27-10-7-19(8-11-27)6-3-4-14(19)22)26-17(23)18(24-2)28-13-5-9-25-16(21)15(13)20/h5,9,14H,2-4,6-8,10-11,22-23H2,1H3/b18-17+,26-12?/t14-/m1/s1. The lowest BCUT2D eigenvalue weighted by atomic mass is 9.74. The van der Waals surface area contributed by atoms with E-state index in [1.807, 2.05) is 6.92 Å². The molecular weight excluding hydrogens is 399 g/mol. The molecular formula is C19H26ClFN6S. The van der Waals surface area contributed by atoms with E-state index in [1.54, 1.807) is 6.07 Å². The Hall–Kier alpha value is -1.64. The molecule has 1 saturated heterocycles. The summed E-state index contributed by atoms with van der Waals surface area (Å²) in [6, 6.07) is 1.91. The van der Waals surface area contributed by atoms with Gasteiger partial charge in [-0.1, -0.05) is 29.8 Å². The van der Waals surface area contributed by atoms with Gasteiger partial charge in [-0.2, -0.15) is 4.39 Å². The number of pyridine rings is 1. The molecule has 1 aliphatic carbocycles. The Morgan fingerprint density at radius 1 is 1.43 bits per heavy atom. The van der Waals surface area contributed by atoms with Crippen LogP contribution < -0.4 is 11.5 Å². The summed E-state index contributed by atoms with van der Waals surface area (Å²) in [6.45, 7) is 7.32. The van der Waals surface area contributed by atoms with Gasteiger partial charge in [0.25, 0.3) is 0 Å². The number of amidine groups is 1. The molecule has 3 rings (SSSR count). The first kappa shape index (κ1) is 21.1. The van der Waals surface area contributed by atoms with Crippen LogP contribution in [0.3, 0.4) is 0 Å². The van der Waals surface area contributed by atoms with E-state index in [4.69, 9.17) is 23.1 Å². The molecule has 1 spiro atoms. The lowest BCUT2D eigenvalue weighted by Crippen LogP contribution is -2.48. The average molecular weight is 425 g/mol. The number of piperidine rings is 1. The number of hydrogen-bond donors (Lipinski definition) is 2. The molecule has 0 unspecified atom stereocenters. The molecule has 6 nitrogen and oxygen atoms in total. The van der Waals surface area contributed by atoms with Gasteiger partial charge in [-0.3, -0.25) is 4.99 Å². The first-order chi connectivity index (χ1) is 13.4.